The van der Waals surface area contributed by atoms with Crippen molar-refractivity contribution < 1.29 is 19.0 Å². The summed E-state index contributed by atoms with van der Waals surface area (Å²) in [7, 11) is 0. The number of urea groups is 1. The minimum atomic E-state index is -0.470. The van der Waals surface area contributed by atoms with Crippen LogP contribution in [0.25, 0.3) is 0 Å². The number of ether oxygens (including phenoxy) is 1. The number of carbonyl (C=O) groups excluding carboxylic acids is 1. The minimum Gasteiger partial charge on any atom is -0.452 e. The van der Waals surface area contributed by atoms with Crippen LogP contribution in [0.5, 0.6) is 11.5 Å². The Hall–Kier alpha value is -2.60. The van der Waals surface area contributed by atoms with E-state index >= 15 is 0 Å². The maximum absolute atomic E-state index is 13.8. The highest BCUT2D eigenvalue weighted by Crippen LogP contribution is 2.30. The first-order valence-electron chi connectivity index (χ1n) is 8.39. The Bertz CT molecular complexity index is 730. The van der Waals surface area contributed by atoms with E-state index in [1.54, 1.807) is 36.4 Å². The summed E-state index contributed by atoms with van der Waals surface area (Å²) in [4.78, 5) is 12.2. The van der Waals surface area contributed by atoms with Crippen molar-refractivity contribution in [3.05, 3.63) is 54.3 Å². The van der Waals surface area contributed by atoms with Crippen LogP contribution in [-0.4, -0.2) is 23.3 Å². The number of rotatable bonds is 4. The molecule has 1 fully saturated rings. The topological polar surface area (TPSA) is 70.6 Å². The van der Waals surface area contributed by atoms with Crippen molar-refractivity contribution in [3.8, 4) is 11.5 Å². The van der Waals surface area contributed by atoms with Gasteiger partial charge in [-0.15, -0.1) is 0 Å². The molecule has 0 heterocycles. The Kier molecular flexibility index (Phi) is 5.50. The molecule has 3 rings (SSSR count). The molecule has 0 bridgehead atoms. The maximum atomic E-state index is 13.8. The van der Waals surface area contributed by atoms with Crippen molar-refractivity contribution >= 4 is 11.7 Å². The standard InChI is InChI=1S/C19H21FN2O3/c20-15-5-1-3-7-17(15)25-18-8-4-2-6-16(18)22-19(24)21-13-9-11-14(23)12-10-13/h1-8,13-14,23H,9-12H2,(H2,21,22,24). The van der Waals surface area contributed by atoms with Crippen LogP contribution in [0.1, 0.15) is 25.7 Å². The zero-order valence-electron chi connectivity index (χ0n) is 13.7. The van der Waals surface area contributed by atoms with Crippen LogP contribution < -0.4 is 15.4 Å². The van der Waals surface area contributed by atoms with Gasteiger partial charge in [0.25, 0.3) is 0 Å². The van der Waals surface area contributed by atoms with Crippen LogP contribution in [-0.2, 0) is 0 Å². The fraction of sp³-hybridized carbons (Fsp3) is 0.316. The molecular formula is C19H21FN2O3. The highest BCUT2D eigenvalue weighted by molar-refractivity contribution is 5.91. The van der Waals surface area contributed by atoms with E-state index in [2.05, 4.69) is 10.6 Å². The lowest BCUT2D eigenvalue weighted by atomic mass is 9.93. The normalized spacial score (nSPS) is 19.9. The van der Waals surface area contributed by atoms with Gasteiger partial charge in [-0.25, -0.2) is 9.18 Å². The SMILES string of the molecule is O=C(Nc1ccccc1Oc1ccccc1F)NC1CCC(O)CC1. The van der Waals surface area contributed by atoms with E-state index in [0.717, 1.165) is 12.8 Å². The quantitative estimate of drug-likeness (QED) is 0.784. The summed E-state index contributed by atoms with van der Waals surface area (Å²) >= 11 is 0. The third kappa shape index (κ3) is 4.70. The van der Waals surface area contributed by atoms with Gasteiger partial charge < -0.3 is 20.5 Å². The largest absolute Gasteiger partial charge is 0.452 e. The van der Waals surface area contributed by atoms with Crippen LogP contribution in [0.4, 0.5) is 14.9 Å². The van der Waals surface area contributed by atoms with Crippen LogP contribution in [0.15, 0.2) is 48.5 Å². The number of aliphatic hydroxyl groups is 1. The summed E-state index contributed by atoms with van der Waals surface area (Å²) in [6.45, 7) is 0. The molecule has 5 nitrogen and oxygen atoms in total. The zero-order chi connectivity index (χ0) is 17.6. The Morgan fingerprint density at radius 2 is 1.64 bits per heavy atom. The van der Waals surface area contributed by atoms with Gasteiger partial charge in [-0.2, -0.15) is 0 Å². The number of benzene rings is 2. The average molecular weight is 344 g/mol. The molecule has 0 spiro atoms. The molecule has 2 aromatic rings. The van der Waals surface area contributed by atoms with Gasteiger partial charge in [0.1, 0.15) is 0 Å². The van der Waals surface area contributed by atoms with Gasteiger partial charge in [-0.3, -0.25) is 0 Å². The first-order chi connectivity index (χ1) is 12.1. The van der Waals surface area contributed by atoms with Crippen molar-refractivity contribution in [1.82, 2.24) is 5.32 Å². The Labute approximate surface area is 145 Å². The average Bonchev–Trinajstić information content (AvgIpc) is 2.60. The number of aliphatic hydroxyl groups excluding tert-OH is 1. The predicted molar refractivity (Wildman–Crippen MR) is 93.3 cm³/mol. The van der Waals surface area contributed by atoms with Crippen molar-refractivity contribution in [1.29, 1.82) is 0 Å². The van der Waals surface area contributed by atoms with Gasteiger partial charge in [-0.05, 0) is 49.9 Å². The van der Waals surface area contributed by atoms with Crippen LogP contribution in [0.2, 0.25) is 0 Å². The Morgan fingerprint density at radius 1 is 1.00 bits per heavy atom. The van der Waals surface area contributed by atoms with E-state index in [4.69, 9.17) is 4.74 Å². The number of halogens is 1. The molecule has 2 aromatic carbocycles. The summed E-state index contributed by atoms with van der Waals surface area (Å²) in [6.07, 6.45) is 2.62. The van der Waals surface area contributed by atoms with Gasteiger partial charge in [0.05, 0.1) is 11.8 Å². The highest BCUT2D eigenvalue weighted by atomic mass is 19.1. The van der Waals surface area contributed by atoms with E-state index in [9.17, 15) is 14.3 Å². The fourth-order valence-electron chi connectivity index (χ4n) is 2.87. The second-order valence-electron chi connectivity index (χ2n) is 6.13. The molecular weight excluding hydrogens is 323 g/mol. The number of para-hydroxylation sites is 3. The molecule has 0 aliphatic heterocycles. The molecule has 3 N–H and O–H groups in total. The molecule has 0 saturated heterocycles. The van der Waals surface area contributed by atoms with Crippen LogP contribution >= 0.6 is 0 Å². The number of anilines is 1. The molecule has 1 aliphatic rings. The summed E-state index contributed by atoms with van der Waals surface area (Å²) in [5.74, 6) is -0.0113. The number of nitrogens with one attached hydrogen (secondary N) is 2. The minimum absolute atomic E-state index is 0.0445. The van der Waals surface area contributed by atoms with Crippen molar-refractivity contribution in [2.45, 2.75) is 37.8 Å². The monoisotopic (exact) mass is 344 g/mol. The van der Waals surface area contributed by atoms with Gasteiger partial charge in [0.2, 0.25) is 0 Å². The lowest BCUT2D eigenvalue weighted by Gasteiger charge is -2.26. The molecule has 1 saturated carbocycles. The number of hydrogen-bond acceptors (Lipinski definition) is 3. The van der Waals surface area contributed by atoms with E-state index < -0.39 is 5.82 Å². The van der Waals surface area contributed by atoms with E-state index in [1.165, 1.54) is 12.1 Å². The number of carbonyl (C=O) groups is 1. The first kappa shape index (κ1) is 17.2. The molecule has 0 atom stereocenters. The highest BCUT2D eigenvalue weighted by Gasteiger charge is 2.21. The van der Waals surface area contributed by atoms with Gasteiger partial charge in [0.15, 0.2) is 17.3 Å². The van der Waals surface area contributed by atoms with Crippen LogP contribution in [0.3, 0.4) is 0 Å². The number of amides is 2. The lowest BCUT2D eigenvalue weighted by molar-refractivity contribution is 0.118. The van der Waals surface area contributed by atoms with E-state index in [1.807, 2.05) is 0 Å². The lowest BCUT2D eigenvalue weighted by Crippen LogP contribution is -2.40. The van der Waals surface area contributed by atoms with Gasteiger partial charge in [0, 0.05) is 6.04 Å². The molecule has 25 heavy (non-hydrogen) atoms. The Morgan fingerprint density at radius 3 is 2.36 bits per heavy atom. The number of hydrogen-bond donors (Lipinski definition) is 3. The van der Waals surface area contributed by atoms with E-state index in [0.29, 0.717) is 24.3 Å². The van der Waals surface area contributed by atoms with Crippen LogP contribution in [0, 0.1) is 5.82 Å². The smallest absolute Gasteiger partial charge is 0.319 e. The van der Waals surface area contributed by atoms with Crippen molar-refractivity contribution in [3.63, 3.8) is 0 Å². The fourth-order valence-corrected chi connectivity index (χ4v) is 2.87. The third-order valence-corrected chi connectivity index (χ3v) is 4.22. The summed E-state index contributed by atoms with van der Waals surface area (Å²) in [6, 6.07) is 12.7. The third-order valence-electron chi connectivity index (χ3n) is 4.22. The molecule has 6 heteroatoms. The van der Waals surface area contributed by atoms with Gasteiger partial charge in [-0.1, -0.05) is 24.3 Å². The second kappa shape index (κ2) is 7.98. The molecule has 132 valence electrons. The molecule has 0 radical (unpaired) electrons. The predicted octanol–water partition coefficient (Wildman–Crippen LogP) is 4.04. The van der Waals surface area contributed by atoms with Crippen molar-refractivity contribution in [2.24, 2.45) is 0 Å². The first-order valence-corrected chi connectivity index (χ1v) is 8.39. The molecule has 0 aromatic heterocycles. The molecule has 1 aliphatic carbocycles. The molecule has 2 amide bonds. The summed E-state index contributed by atoms with van der Waals surface area (Å²) < 4.78 is 19.4. The van der Waals surface area contributed by atoms with E-state index in [-0.39, 0.29) is 23.9 Å². The summed E-state index contributed by atoms with van der Waals surface area (Å²) in [5, 5.41) is 15.2. The van der Waals surface area contributed by atoms with Crippen molar-refractivity contribution in [2.75, 3.05) is 5.32 Å². The molecule has 0 unspecified atom stereocenters. The summed E-state index contributed by atoms with van der Waals surface area (Å²) in [5.41, 5.74) is 0.457. The second-order valence-corrected chi connectivity index (χ2v) is 6.13. The zero-order valence-corrected chi connectivity index (χ0v) is 13.7. The Balaban J connectivity index is 1.64. The maximum Gasteiger partial charge on any atom is 0.319 e. The van der Waals surface area contributed by atoms with Gasteiger partial charge >= 0.3 is 6.03 Å².